The number of aromatic nitrogens is 6. The van der Waals surface area contributed by atoms with Gasteiger partial charge in [-0.1, -0.05) is 60.7 Å². The highest BCUT2D eigenvalue weighted by atomic mass is 19.4. The van der Waals surface area contributed by atoms with Crippen LogP contribution in [-0.4, -0.2) is 137 Å². The number of rotatable bonds is 14. The first-order valence-electron chi connectivity index (χ1n) is 24.0. The number of β-amino-alcohol motifs (C(OH)–C–C–N with tert-alkyl or cyclic N) is 2. The molecule has 0 bridgehead atoms. The molecule has 2 N–H and O–H groups in total. The lowest BCUT2D eigenvalue weighted by Gasteiger charge is -2.40. The predicted octanol–water partition coefficient (Wildman–Crippen LogP) is 7.92. The van der Waals surface area contributed by atoms with Crippen molar-refractivity contribution in [1.82, 2.24) is 38.9 Å². The molecule has 2 unspecified atom stereocenters. The number of nitro groups is 2. The Bertz CT molecular complexity index is 3060. The second-order valence-corrected chi connectivity index (χ2v) is 18.6. The summed E-state index contributed by atoms with van der Waals surface area (Å²) in [5, 5.41) is 45.8. The Morgan fingerprint density at radius 3 is 1.20 bits per heavy atom. The number of non-ortho nitro benzene ring substituents is 2. The summed E-state index contributed by atoms with van der Waals surface area (Å²) in [7, 11) is 0. The number of anilines is 2. The van der Waals surface area contributed by atoms with E-state index in [0.717, 1.165) is 23.3 Å². The summed E-state index contributed by atoms with van der Waals surface area (Å²) in [4.78, 5) is 45.2. The van der Waals surface area contributed by atoms with Gasteiger partial charge in [-0.3, -0.25) is 40.0 Å². The van der Waals surface area contributed by atoms with Crippen molar-refractivity contribution in [3.63, 3.8) is 0 Å². The average molecular weight is 1050 g/mol. The van der Waals surface area contributed by atoms with Gasteiger partial charge in [-0.05, 0) is 23.3 Å². The van der Waals surface area contributed by atoms with E-state index in [4.69, 9.17) is 0 Å². The molecule has 0 aliphatic carbocycles. The highest BCUT2D eigenvalue weighted by Crippen LogP contribution is 2.46. The predicted molar refractivity (Wildman–Crippen MR) is 270 cm³/mol. The molecular weight excluding hydrogens is 1000 g/mol. The third-order valence-corrected chi connectivity index (χ3v) is 13.8. The highest BCUT2D eigenvalue weighted by Gasteiger charge is 2.58. The smallest absolute Gasteiger partial charge is 0.375 e. The third-order valence-electron chi connectivity index (χ3n) is 13.8. The van der Waals surface area contributed by atoms with Gasteiger partial charge < -0.3 is 29.1 Å². The van der Waals surface area contributed by atoms with Crippen LogP contribution < -0.4 is 9.80 Å². The first-order chi connectivity index (χ1) is 36.3. The van der Waals surface area contributed by atoms with Gasteiger partial charge in [0, 0.05) is 162 Å². The van der Waals surface area contributed by atoms with E-state index in [9.17, 15) is 56.8 Å². The lowest BCUT2D eigenvalue weighted by molar-refractivity contribution is -0.384. The van der Waals surface area contributed by atoms with Crippen molar-refractivity contribution in [1.29, 1.82) is 0 Å². The minimum Gasteiger partial charge on any atom is -0.375 e. The quantitative estimate of drug-likeness (QED) is 0.0604. The number of nitro benzene ring substituents is 2. The Balaban J connectivity index is 0.000000186. The van der Waals surface area contributed by atoms with Gasteiger partial charge in [0.2, 0.25) is 11.2 Å². The number of alkyl halides is 6. The Hall–Kier alpha value is -8.06. The Labute approximate surface area is 430 Å². The van der Waals surface area contributed by atoms with Gasteiger partial charge in [-0.2, -0.15) is 26.3 Å². The summed E-state index contributed by atoms with van der Waals surface area (Å²) in [6.07, 6.45) is 1.95. The maximum atomic E-state index is 14.6. The fourth-order valence-electron chi connectivity index (χ4n) is 9.75. The van der Waals surface area contributed by atoms with Crippen molar-refractivity contribution in [3.8, 4) is 0 Å². The summed E-state index contributed by atoms with van der Waals surface area (Å²) in [5.74, 6) is 1.28. The molecule has 2 saturated heterocycles. The molecule has 2 aliphatic heterocycles. The van der Waals surface area contributed by atoms with E-state index in [0.29, 0.717) is 37.8 Å². The molecule has 4 aromatic carbocycles. The number of hydrogen-bond donors (Lipinski definition) is 2. The van der Waals surface area contributed by atoms with Crippen molar-refractivity contribution in [2.75, 3.05) is 75.2 Å². The maximum Gasteiger partial charge on any atom is 0.422 e. The van der Waals surface area contributed by atoms with Gasteiger partial charge in [0.05, 0.1) is 33.3 Å². The zero-order chi connectivity index (χ0) is 53.8. The monoisotopic (exact) mass is 1050 g/mol. The van der Waals surface area contributed by atoms with Crippen LogP contribution in [0.15, 0.2) is 147 Å². The second kappa shape index (κ2) is 21.7. The van der Waals surface area contributed by atoms with Crippen molar-refractivity contribution in [2.24, 2.45) is 0 Å². The van der Waals surface area contributed by atoms with E-state index in [2.05, 4.69) is 19.9 Å². The molecule has 8 aromatic rings. The highest BCUT2D eigenvalue weighted by molar-refractivity contribution is 5.88. The van der Waals surface area contributed by atoms with Crippen molar-refractivity contribution >= 4 is 44.8 Å². The van der Waals surface area contributed by atoms with Crippen molar-refractivity contribution < 1.29 is 46.4 Å². The van der Waals surface area contributed by atoms with Crippen LogP contribution in [0.4, 0.5) is 49.4 Å². The van der Waals surface area contributed by atoms with Gasteiger partial charge in [-0.25, -0.2) is 9.97 Å². The third kappa shape index (κ3) is 11.1. The Kier molecular flexibility index (Phi) is 15.0. The SMILES string of the molecule is O=[N+]([O-])c1ccc2c(C(O)(CN3CCN(c4cnccn4)CC3)C(F)(F)F)cn(Cc3ccccc3)c2c1.O=[N+]([O-])c1ccc2c(C(O)(CN3CCN(c4cnccn4)CC3)C(F)(F)F)cn(Cc3ccccc3)c2c1. The Morgan fingerprint density at radius 1 is 0.513 bits per heavy atom. The van der Waals surface area contributed by atoms with Gasteiger partial charge in [-0.15, -0.1) is 0 Å². The molecule has 18 nitrogen and oxygen atoms in total. The fourth-order valence-corrected chi connectivity index (χ4v) is 9.75. The van der Waals surface area contributed by atoms with E-state index >= 15 is 0 Å². The van der Waals surface area contributed by atoms with E-state index in [-0.39, 0.29) is 83.6 Å². The molecule has 0 amide bonds. The normalized spacial score (nSPS) is 16.5. The lowest BCUT2D eigenvalue weighted by atomic mass is 9.91. The molecule has 396 valence electrons. The van der Waals surface area contributed by atoms with Gasteiger partial charge in [0.25, 0.3) is 11.4 Å². The van der Waals surface area contributed by atoms with Crippen LogP contribution in [-0.2, 0) is 24.3 Å². The van der Waals surface area contributed by atoms with Crippen LogP contribution in [0.2, 0.25) is 0 Å². The summed E-state index contributed by atoms with van der Waals surface area (Å²) in [6, 6.07) is 25.5. The number of piperazine rings is 2. The first-order valence-corrected chi connectivity index (χ1v) is 24.0. The second-order valence-electron chi connectivity index (χ2n) is 18.6. The number of aliphatic hydroxyl groups is 2. The topological polar surface area (TPSA) is 201 Å². The molecule has 2 aliphatic rings. The summed E-state index contributed by atoms with van der Waals surface area (Å²) >= 11 is 0. The number of halogens is 6. The van der Waals surface area contributed by atoms with Crippen LogP contribution in [0.1, 0.15) is 22.3 Å². The summed E-state index contributed by atoms with van der Waals surface area (Å²) < 4.78 is 90.9. The molecule has 10 rings (SSSR count). The summed E-state index contributed by atoms with van der Waals surface area (Å²) in [5.41, 5.74) is -5.45. The molecule has 24 heteroatoms. The fraction of sp³-hybridized carbons (Fsp3) is 0.308. The molecule has 76 heavy (non-hydrogen) atoms. The van der Waals surface area contributed by atoms with E-state index in [1.165, 1.54) is 45.8 Å². The molecule has 4 aromatic heterocycles. The number of fused-ring (bicyclic) bond motifs is 2. The van der Waals surface area contributed by atoms with Crippen LogP contribution in [0.25, 0.3) is 21.8 Å². The standard InChI is InChI=1S/2C26H25F3N6O3/c2*27-26(28,29)25(36,18-32-10-12-33(13-11-32)24-15-30-8-9-31-24)22-17-34(16-19-4-2-1-3-5-19)23-14-20(35(37)38)6-7-21(22)23/h2*1-9,14-15,17,36H,10-13,16,18H2. The van der Waals surface area contributed by atoms with Crippen molar-refractivity contribution in [2.45, 2.75) is 36.6 Å². The van der Waals surface area contributed by atoms with Crippen LogP contribution in [0.5, 0.6) is 0 Å². The number of benzene rings is 4. The van der Waals surface area contributed by atoms with E-state index in [1.54, 1.807) is 71.2 Å². The molecular formula is C52H50F6N12O6. The van der Waals surface area contributed by atoms with E-state index in [1.807, 2.05) is 46.2 Å². The van der Waals surface area contributed by atoms with Crippen LogP contribution in [0, 0.1) is 20.2 Å². The van der Waals surface area contributed by atoms with Gasteiger partial charge >= 0.3 is 12.4 Å². The molecule has 2 fully saturated rings. The van der Waals surface area contributed by atoms with Gasteiger partial charge in [0.15, 0.2) is 0 Å². The molecule has 6 heterocycles. The zero-order valence-electron chi connectivity index (χ0n) is 40.5. The Morgan fingerprint density at radius 2 is 0.882 bits per heavy atom. The number of hydrogen-bond acceptors (Lipinski definition) is 14. The number of nitrogens with zero attached hydrogens (tertiary/aromatic N) is 12. The average Bonchev–Trinajstić information content (AvgIpc) is 4.00. The largest absolute Gasteiger partial charge is 0.422 e. The summed E-state index contributed by atoms with van der Waals surface area (Å²) in [6.45, 7) is 1.84. The van der Waals surface area contributed by atoms with Crippen LogP contribution in [0.3, 0.4) is 0 Å². The zero-order valence-corrected chi connectivity index (χ0v) is 40.5. The van der Waals surface area contributed by atoms with E-state index < -0.39 is 46.5 Å². The molecule has 2 atom stereocenters. The van der Waals surface area contributed by atoms with Crippen LogP contribution >= 0.6 is 0 Å². The molecule has 0 radical (unpaired) electrons. The lowest BCUT2D eigenvalue weighted by Crippen LogP contribution is -2.55. The first kappa shape index (κ1) is 52.8. The minimum atomic E-state index is -5.00. The van der Waals surface area contributed by atoms with Gasteiger partial charge in [0.1, 0.15) is 11.6 Å². The maximum absolute atomic E-state index is 14.6. The molecule has 0 saturated carbocycles. The minimum absolute atomic E-state index is 0.115. The molecule has 0 spiro atoms. The van der Waals surface area contributed by atoms with Crippen molar-refractivity contribution in [3.05, 3.63) is 189 Å².